The molecule has 4 nitrogen and oxygen atoms in total. The molecule has 1 unspecified atom stereocenters. The fourth-order valence-electron chi connectivity index (χ4n) is 1.98. The van der Waals surface area contributed by atoms with Gasteiger partial charge in [0.25, 0.3) is 0 Å². The SMILES string of the molecule is COC(=O)Cc1cc(C(C)C(=O)O)sc1-c1ccccc1. The van der Waals surface area contributed by atoms with E-state index in [4.69, 9.17) is 9.84 Å². The van der Waals surface area contributed by atoms with E-state index < -0.39 is 11.9 Å². The summed E-state index contributed by atoms with van der Waals surface area (Å²) in [7, 11) is 1.34. The van der Waals surface area contributed by atoms with Gasteiger partial charge in [-0.15, -0.1) is 11.3 Å². The molecular formula is C16H16O4S. The van der Waals surface area contributed by atoms with E-state index in [1.165, 1.54) is 18.4 Å². The number of benzene rings is 1. The smallest absolute Gasteiger partial charge is 0.311 e. The van der Waals surface area contributed by atoms with Crippen molar-refractivity contribution in [2.75, 3.05) is 7.11 Å². The number of carboxylic acids is 1. The predicted octanol–water partition coefficient (Wildman–Crippen LogP) is 3.32. The van der Waals surface area contributed by atoms with Crippen molar-refractivity contribution in [1.82, 2.24) is 0 Å². The highest BCUT2D eigenvalue weighted by Gasteiger charge is 2.21. The Hall–Kier alpha value is -2.14. The number of ether oxygens (including phenoxy) is 1. The minimum Gasteiger partial charge on any atom is -0.481 e. The van der Waals surface area contributed by atoms with Gasteiger partial charge in [-0.1, -0.05) is 30.3 Å². The average molecular weight is 304 g/mol. The number of hydrogen-bond acceptors (Lipinski definition) is 4. The van der Waals surface area contributed by atoms with Gasteiger partial charge >= 0.3 is 11.9 Å². The van der Waals surface area contributed by atoms with Crippen molar-refractivity contribution in [2.24, 2.45) is 0 Å². The molecule has 0 bridgehead atoms. The molecule has 0 saturated heterocycles. The number of rotatable bonds is 5. The molecule has 0 amide bonds. The quantitative estimate of drug-likeness (QED) is 0.861. The summed E-state index contributed by atoms with van der Waals surface area (Å²) < 4.78 is 4.71. The average Bonchev–Trinajstić information content (AvgIpc) is 2.90. The Bertz CT molecular complexity index is 646. The van der Waals surface area contributed by atoms with Gasteiger partial charge in [-0.25, -0.2) is 0 Å². The number of hydrogen-bond donors (Lipinski definition) is 1. The van der Waals surface area contributed by atoms with E-state index >= 15 is 0 Å². The number of aliphatic carboxylic acids is 1. The highest BCUT2D eigenvalue weighted by atomic mass is 32.1. The number of carbonyl (C=O) groups is 2. The molecule has 0 aliphatic carbocycles. The zero-order valence-corrected chi connectivity index (χ0v) is 12.6. The van der Waals surface area contributed by atoms with E-state index in [9.17, 15) is 9.59 Å². The van der Waals surface area contributed by atoms with E-state index in [-0.39, 0.29) is 12.4 Å². The summed E-state index contributed by atoms with van der Waals surface area (Å²) in [4.78, 5) is 24.4. The van der Waals surface area contributed by atoms with E-state index in [0.717, 1.165) is 20.9 Å². The summed E-state index contributed by atoms with van der Waals surface area (Å²) in [5.74, 6) is -1.80. The van der Waals surface area contributed by atoms with Crippen LogP contribution in [0.3, 0.4) is 0 Å². The van der Waals surface area contributed by atoms with Gasteiger partial charge in [0, 0.05) is 9.75 Å². The van der Waals surface area contributed by atoms with Gasteiger partial charge in [0.2, 0.25) is 0 Å². The largest absolute Gasteiger partial charge is 0.481 e. The topological polar surface area (TPSA) is 63.6 Å². The zero-order valence-electron chi connectivity index (χ0n) is 11.8. The molecule has 1 aromatic heterocycles. The van der Waals surface area contributed by atoms with Crippen LogP contribution in [0.2, 0.25) is 0 Å². The van der Waals surface area contributed by atoms with Crippen molar-refractivity contribution in [2.45, 2.75) is 19.3 Å². The summed E-state index contributed by atoms with van der Waals surface area (Å²) in [6.07, 6.45) is 0.142. The second kappa shape index (κ2) is 6.54. The Morgan fingerprint density at radius 3 is 2.52 bits per heavy atom. The van der Waals surface area contributed by atoms with Crippen LogP contribution < -0.4 is 0 Å². The van der Waals surface area contributed by atoms with Crippen LogP contribution in [0.4, 0.5) is 0 Å². The van der Waals surface area contributed by atoms with Gasteiger partial charge < -0.3 is 9.84 Å². The number of carbonyl (C=O) groups excluding carboxylic acids is 1. The summed E-state index contributed by atoms with van der Waals surface area (Å²) in [5.41, 5.74) is 1.78. The maximum atomic E-state index is 11.5. The molecule has 110 valence electrons. The number of methoxy groups -OCH3 is 1. The van der Waals surface area contributed by atoms with Crippen molar-refractivity contribution < 1.29 is 19.4 Å². The van der Waals surface area contributed by atoms with Crippen LogP contribution in [0.5, 0.6) is 0 Å². The molecule has 1 aromatic carbocycles. The summed E-state index contributed by atoms with van der Waals surface area (Å²) >= 11 is 1.41. The van der Waals surface area contributed by atoms with Crippen LogP contribution in [0.1, 0.15) is 23.3 Å². The van der Waals surface area contributed by atoms with Crippen LogP contribution in [-0.2, 0) is 20.7 Å². The fourth-order valence-corrected chi connectivity index (χ4v) is 3.21. The number of esters is 1. The first kappa shape index (κ1) is 15.3. The Morgan fingerprint density at radius 2 is 1.95 bits per heavy atom. The third-order valence-electron chi connectivity index (χ3n) is 3.22. The zero-order chi connectivity index (χ0) is 15.4. The molecule has 2 rings (SSSR count). The molecule has 0 fully saturated rings. The molecule has 0 radical (unpaired) electrons. The van der Waals surface area contributed by atoms with E-state index in [0.29, 0.717) is 0 Å². The molecule has 0 aliphatic rings. The standard InChI is InChI=1S/C16H16O4S/c1-10(16(18)19)13-8-12(9-14(17)20-2)15(21-13)11-6-4-3-5-7-11/h3-8,10H,9H2,1-2H3,(H,18,19). The van der Waals surface area contributed by atoms with Crippen molar-refractivity contribution in [3.63, 3.8) is 0 Å². The Balaban J connectivity index is 2.45. The normalized spacial score (nSPS) is 11.9. The van der Waals surface area contributed by atoms with E-state index in [1.807, 2.05) is 30.3 Å². The molecule has 5 heteroatoms. The lowest BCUT2D eigenvalue weighted by Gasteiger charge is -2.02. The first-order valence-corrected chi connectivity index (χ1v) is 7.32. The summed E-state index contributed by atoms with van der Waals surface area (Å²) in [6, 6.07) is 11.4. The molecule has 0 spiro atoms. The molecule has 21 heavy (non-hydrogen) atoms. The first-order valence-electron chi connectivity index (χ1n) is 6.50. The van der Waals surface area contributed by atoms with Crippen LogP contribution in [0, 0.1) is 0 Å². The van der Waals surface area contributed by atoms with Crippen molar-refractivity contribution in [3.8, 4) is 10.4 Å². The van der Waals surface area contributed by atoms with Gasteiger partial charge in [0.15, 0.2) is 0 Å². The summed E-state index contributed by atoms with van der Waals surface area (Å²) in [6.45, 7) is 1.64. The van der Waals surface area contributed by atoms with Gasteiger partial charge in [-0.3, -0.25) is 9.59 Å². The maximum Gasteiger partial charge on any atom is 0.311 e. The predicted molar refractivity (Wildman–Crippen MR) is 81.5 cm³/mol. The lowest BCUT2D eigenvalue weighted by atomic mass is 10.0. The lowest BCUT2D eigenvalue weighted by molar-refractivity contribution is -0.140. The summed E-state index contributed by atoms with van der Waals surface area (Å²) in [5, 5.41) is 9.15. The molecule has 1 heterocycles. The molecule has 1 N–H and O–H groups in total. The molecule has 1 atom stereocenters. The second-order valence-corrected chi connectivity index (χ2v) is 5.77. The minimum atomic E-state index is -0.875. The van der Waals surface area contributed by atoms with Crippen molar-refractivity contribution in [1.29, 1.82) is 0 Å². The highest BCUT2D eigenvalue weighted by molar-refractivity contribution is 7.16. The Kier molecular flexibility index (Phi) is 4.75. The molecule has 2 aromatic rings. The lowest BCUT2D eigenvalue weighted by Crippen LogP contribution is -2.06. The van der Waals surface area contributed by atoms with Crippen molar-refractivity contribution >= 4 is 23.3 Å². The fraction of sp³-hybridized carbons (Fsp3) is 0.250. The molecular weight excluding hydrogens is 288 g/mol. The first-order chi connectivity index (χ1) is 10.0. The van der Waals surface area contributed by atoms with E-state index in [1.54, 1.807) is 13.0 Å². The maximum absolute atomic E-state index is 11.5. The third-order valence-corrected chi connectivity index (χ3v) is 4.63. The van der Waals surface area contributed by atoms with Crippen molar-refractivity contribution in [3.05, 3.63) is 46.8 Å². The minimum absolute atomic E-state index is 0.142. The highest BCUT2D eigenvalue weighted by Crippen LogP contribution is 2.36. The van der Waals surface area contributed by atoms with Crippen LogP contribution in [0.15, 0.2) is 36.4 Å². The number of thiophene rings is 1. The molecule has 0 saturated carbocycles. The van der Waals surface area contributed by atoms with Gasteiger partial charge in [0.1, 0.15) is 0 Å². The van der Waals surface area contributed by atoms with Gasteiger partial charge in [-0.05, 0) is 24.1 Å². The van der Waals surface area contributed by atoms with Gasteiger partial charge in [0.05, 0.1) is 19.4 Å². The van der Waals surface area contributed by atoms with Crippen LogP contribution in [-0.4, -0.2) is 24.2 Å². The van der Waals surface area contributed by atoms with Crippen LogP contribution >= 0.6 is 11.3 Å². The van der Waals surface area contributed by atoms with Crippen LogP contribution in [0.25, 0.3) is 10.4 Å². The second-order valence-electron chi connectivity index (χ2n) is 4.68. The van der Waals surface area contributed by atoms with Gasteiger partial charge in [-0.2, -0.15) is 0 Å². The monoisotopic (exact) mass is 304 g/mol. The van der Waals surface area contributed by atoms with E-state index in [2.05, 4.69) is 0 Å². The third kappa shape index (κ3) is 3.49. The Labute approximate surface area is 127 Å². The Morgan fingerprint density at radius 1 is 1.29 bits per heavy atom. The molecule has 0 aliphatic heterocycles. The number of carboxylic acid groups (broad SMARTS) is 1.